The molecule has 12 nitrogen and oxygen atoms in total. The van der Waals surface area contributed by atoms with Gasteiger partial charge in [-0.15, -0.1) is 23.2 Å². The number of alkyl carbamates (subject to hydrolysis) is 1. The van der Waals surface area contributed by atoms with Gasteiger partial charge < -0.3 is 20.5 Å². The first kappa shape index (κ1) is 35.0. The Kier molecular flexibility index (Phi) is 21.7. The number of ether oxygens (including phenoxy) is 2. The second kappa shape index (κ2) is 22.3. The van der Waals surface area contributed by atoms with Crippen molar-refractivity contribution >= 4 is 57.7 Å². The number of hydrogen-bond acceptors (Lipinski definition) is 9. The normalized spacial score (nSPS) is 8.94. The van der Waals surface area contributed by atoms with Gasteiger partial charge in [-0.3, -0.25) is 20.2 Å². The van der Waals surface area contributed by atoms with Crippen molar-refractivity contribution in [2.75, 3.05) is 32.6 Å². The van der Waals surface area contributed by atoms with E-state index >= 15 is 0 Å². The van der Waals surface area contributed by atoms with Crippen molar-refractivity contribution in [1.29, 1.82) is 0 Å². The largest absolute Gasteiger partial charge is 0.457 e. The summed E-state index contributed by atoms with van der Waals surface area (Å²) in [5.41, 5.74) is 6.68. The number of nitro benzene ring substituents is 2. The third kappa shape index (κ3) is 19.2. The molecule has 36 heavy (non-hydrogen) atoms. The first-order valence-corrected chi connectivity index (χ1v) is 11.3. The predicted molar refractivity (Wildman–Crippen MR) is 138 cm³/mol. The van der Waals surface area contributed by atoms with Crippen LogP contribution in [-0.4, -0.2) is 54.0 Å². The molecule has 2 rings (SSSR count). The fraction of sp³-hybridized carbons (Fsp3) is 0.333. The highest BCUT2D eigenvalue weighted by Gasteiger charge is 2.04. The Morgan fingerprint density at radius 1 is 0.861 bits per heavy atom. The molecule has 15 heteroatoms. The molecule has 2 aromatic carbocycles. The molecular formula is C21H27Cl3N4O8. The van der Waals surface area contributed by atoms with Crippen molar-refractivity contribution in [3.8, 4) is 0 Å². The van der Waals surface area contributed by atoms with Gasteiger partial charge in [-0.2, -0.15) is 0 Å². The summed E-state index contributed by atoms with van der Waals surface area (Å²) in [4.78, 5) is 39.9. The molecule has 0 fully saturated rings. The smallest absolute Gasteiger partial charge is 0.406 e. The zero-order chi connectivity index (χ0) is 27.9. The number of amides is 1. The Morgan fingerprint density at radius 2 is 1.22 bits per heavy atom. The van der Waals surface area contributed by atoms with Gasteiger partial charge in [-0.25, -0.2) is 9.59 Å². The first-order valence-electron chi connectivity index (χ1n) is 9.90. The van der Waals surface area contributed by atoms with Crippen molar-refractivity contribution < 1.29 is 28.9 Å². The zero-order valence-electron chi connectivity index (χ0n) is 19.5. The second-order valence-electron chi connectivity index (χ2n) is 6.10. The molecule has 0 unspecified atom stereocenters. The van der Waals surface area contributed by atoms with Crippen LogP contribution in [0.5, 0.6) is 0 Å². The lowest BCUT2D eigenvalue weighted by molar-refractivity contribution is -0.385. The molecular weight excluding hydrogens is 543 g/mol. The van der Waals surface area contributed by atoms with Crippen LogP contribution in [-0.2, 0) is 22.3 Å². The molecule has 0 atom stereocenters. The van der Waals surface area contributed by atoms with Gasteiger partial charge >= 0.3 is 11.5 Å². The van der Waals surface area contributed by atoms with E-state index in [9.17, 15) is 29.8 Å². The fourth-order valence-electron chi connectivity index (χ4n) is 2.12. The van der Waals surface area contributed by atoms with Crippen molar-refractivity contribution in [1.82, 2.24) is 5.32 Å². The summed E-state index contributed by atoms with van der Waals surface area (Å²) in [5.74, 6) is 0. The molecule has 0 saturated carbocycles. The molecule has 0 bridgehead atoms. The number of methoxy groups -OCH3 is 2. The van der Waals surface area contributed by atoms with Crippen LogP contribution in [0, 0.1) is 20.2 Å². The minimum atomic E-state index is -0.773. The van der Waals surface area contributed by atoms with Gasteiger partial charge in [0.15, 0.2) is 0 Å². The van der Waals surface area contributed by atoms with Crippen molar-refractivity contribution in [3.05, 3.63) is 79.9 Å². The number of nitrogens with zero attached hydrogens (tertiary/aromatic N) is 2. The summed E-state index contributed by atoms with van der Waals surface area (Å²) in [6, 6.07) is 12.6. The Bertz CT molecular complexity index is 916. The number of halogens is 3. The minimum absolute atomic E-state index is 0.0599. The average Bonchev–Trinajstić information content (AvgIpc) is 2.86. The van der Waals surface area contributed by atoms with Crippen LogP contribution in [0.4, 0.5) is 21.0 Å². The first-order chi connectivity index (χ1) is 17.1. The van der Waals surface area contributed by atoms with Gasteiger partial charge in [0.25, 0.3) is 11.4 Å². The number of hydrogen-bond donors (Lipinski definition) is 2. The maximum Gasteiger partial charge on any atom is 0.406 e. The molecule has 0 aliphatic heterocycles. The third-order valence-corrected chi connectivity index (χ3v) is 3.91. The van der Waals surface area contributed by atoms with E-state index in [1.54, 1.807) is 24.3 Å². The Hall–Kier alpha value is -3.19. The number of nitrogens with one attached hydrogen (secondary N) is 1. The van der Waals surface area contributed by atoms with Gasteiger partial charge in [0.1, 0.15) is 0 Å². The quantitative estimate of drug-likeness (QED) is 0.201. The molecule has 0 spiro atoms. The molecule has 1 amide bonds. The fourth-order valence-corrected chi connectivity index (χ4v) is 2.12. The Balaban J connectivity index is 0. The standard InChI is InChI=1S/C10H12N2O4.C8H10N2O2.C2H3ClO2.CH2Cl2/c1-16-10(13)11-7-6-8-2-4-9(5-3-8)12(14)15;9-6-5-7-1-3-8(4-2-7)10(11)12;1-5-2(3)4;2-1-3/h2-5H,6-7H2,1H3,(H,11,13);1-4H,5-6,9H2;1H3;1H2. The lowest BCUT2D eigenvalue weighted by Crippen LogP contribution is -2.25. The monoisotopic (exact) mass is 568 g/mol. The van der Waals surface area contributed by atoms with E-state index < -0.39 is 21.4 Å². The van der Waals surface area contributed by atoms with Crippen LogP contribution in [0.1, 0.15) is 11.1 Å². The maximum absolute atomic E-state index is 10.7. The van der Waals surface area contributed by atoms with Gasteiger partial charge in [0.05, 0.1) is 29.4 Å². The predicted octanol–water partition coefficient (Wildman–Crippen LogP) is 5.00. The van der Waals surface area contributed by atoms with Gasteiger partial charge in [-0.1, -0.05) is 24.3 Å². The highest BCUT2D eigenvalue weighted by Crippen LogP contribution is 2.12. The summed E-state index contributed by atoms with van der Waals surface area (Å²) in [7, 11) is 2.51. The van der Waals surface area contributed by atoms with E-state index in [0.29, 0.717) is 19.5 Å². The van der Waals surface area contributed by atoms with Crippen LogP contribution in [0.2, 0.25) is 0 Å². The van der Waals surface area contributed by atoms with Gasteiger partial charge in [0, 0.05) is 42.4 Å². The number of non-ortho nitro benzene ring substituents is 2. The summed E-state index contributed by atoms with van der Waals surface area (Å²) >= 11 is 14.1. The van der Waals surface area contributed by atoms with Crippen LogP contribution < -0.4 is 11.1 Å². The topological polar surface area (TPSA) is 177 Å². The molecule has 3 N–H and O–H groups in total. The molecule has 200 valence electrons. The van der Waals surface area contributed by atoms with Crippen LogP contribution in [0.15, 0.2) is 48.5 Å². The van der Waals surface area contributed by atoms with E-state index in [4.69, 9.17) is 28.9 Å². The van der Waals surface area contributed by atoms with E-state index in [1.807, 2.05) is 0 Å². The van der Waals surface area contributed by atoms with E-state index in [-0.39, 0.29) is 16.7 Å². The number of alkyl halides is 2. The van der Waals surface area contributed by atoms with Gasteiger partial charge in [0.2, 0.25) is 0 Å². The summed E-state index contributed by atoms with van der Waals surface area (Å²) in [5, 5.41) is 23.4. The van der Waals surface area contributed by atoms with Crippen LogP contribution in [0.25, 0.3) is 0 Å². The van der Waals surface area contributed by atoms with Gasteiger partial charge in [-0.05, 0) is 30.5 Å². The molecule has 0 radical (unpaired) electrons. The number of nitrogens with two attached hydrogens (primary N) is 1. The molecule has 0 aromatic heterocycles. The summed E-state index contributed by atoms with van der Waals surface area (Å²) in [6.07, 6.45) is 0.882. The van der Waals surface area contributed by atoms with Crippen molar-refractivity contribution in [2.24, 2.45) is 5.73 Å². The summed E-state index contributed by atoms with van der Waals surface area (Å²) < 4.78 is 8.28. The highest BCUT2D eigenvalue weighted by molar-refractivity contribution is 6.61. The Morgan fingerprint density at radius 3 is 1.50 bits per heavy atom. The number of carbonyl (C=O) groups is 2. The van der Waals surface area contributed by atoms with Crippen molar-refractivity contribution in [2.45, 2.75) is 12.8 Å². The lowest BCUT2D eigenvalue weighted by atomic mass is 10.1. The van der Waals surface area contributed by atoms with Crippen molar-refractivity contribution in [3.63, 3.8) is 0 Å². The maximum atomic E-state index is 10.7. The molecule has 0 aliphatic carbocycles. The number of rotatable bonds is 7. The van der Waals surface area contributed by atoms with E-state index in [1.165, 1.54) is 38.5 Å². The number of benzene rings is 2. The molecule has 0 aliphatic rings. The third-order valence-electron chi connectivity index (χ3n) is 3.76. The lowest BCUT2D eigenvalue weighted by Gasteiger charge is -2.03. The molecule has 0 saturated heterocycles. The molecule has 2 aromatic rings. The second-order valence-corrected chi connectivity index (χ2v) is 7.21. The van der Waals surface area contributed by atoms with Crippen LogP contribution >= 0.6 is 34.8 Å². The highest BCUT2D eigenvalue weighted by atomic mass is 35.5. The molecule has 0 heterocycles. The zero-order valence-corrected chi connectivity index (χ0v) is 21.8. The SMILES string of the molecule is COC(=O)Cl.COC(=O)NCCc1ccc([N+](=O)[O-])cc1.ClCCl.NCCc1ccc([N+](=O)[O-])cc1. The summed E-state index contributed by atoms with van der Waals surface area (Å²) in [6.45, 7) is 1.00. The Labute approximate surface area is 222 Å². The number of nitro groups is 2. The minimum Gasteiger partial charge on any atom is -0.457 e. The van der Waals surface area contributed by atoms with E-state index in [0.717, 1.165) is 17.5 Å². The van der Waals surface area contributed by atoms with Crippen LogP contribution in [0.3, 0.4) is 0 Å². The van der Waals surface area contributed by atoms with E-state index in [2.05, 4.69) is 26.4 Å². The average molecular weight is 570 g/mol. The number of carbonyl (C=O) groups excluding carboxylic acids is 2.